The van der Waals surface area contributed by atoms with E-state index in [0.717, 1.165) is 11.3 Å². The molecule has 4 heteroatoms. The van der Waals surface area contributed by atoms with Crippen LogP contribution in [0.3, 0.4) is 0 Å². The molecule has 0 spiro atoms. The van der Waals surface area contributed by atoms with Crippen molar-refractivity contribution in [1.82, 2.24) is 9.97 Å². The highest BCUT2D eigenvalue weighted by atomic mass is 19.1. The molecule has 0 aliphatic rings. The summed E-state index contributed by atoms with van der Waals surface area (Å²) < 4.78 is 13.0. The SMILES string of the molecule is CC(C)(CN)c1nc2ccc(F)cc2[nH]1. The summed E-state index contributed by atoms with van der Waals surface area (Å²) in [4.78, 5) is 7.49. The van der Waals surface area contributed by atoms with Gasteiger partial charge in [0.05, 0.1) is 11.0 Å². The Labute approximate surface area is 87.5 Å². The Morgan fingerprint density at radius 1 is 1.47 bits per heavy atom. The van der Waals surface area contributed by atoms with Gasteiger partial charge in [0.15, 0.2) is 0 Å². The Hall–Kier alpha value is -1.42. The molecule has 1 aromatic heterocycles. The molecule has 0 fully saturated rings. The molecule has 3 nitrogen and oxygen atoms in total. The van der Waals surface area contributed by atoms with Crippen LogP contribution in [0.1, 0.15) is 19.7 Å². The molecule has 0 amide bonds. The van der Waals surface area contributed by atoms with Gasteiger partial charge in [-0.1, -0.05) is 13.8 Å². The molecule has 0 atom stereocenters. The predicted molar refractivity (Wildman–Crippen MR) is 58.1 cm³/mol. The van der Waals surface area contributed by atoms with Crippen molar-refractivity contribution >= 4 is 11.0 Å². The molecule has 0 aliphatic carbocycles. The smallest absolute Gasteiger partial charge is 0.125 e. The van der Waals surface area contributed by atoms with Crippen molar-refractivity contribution in [2.45, 2.75) is 19.3 Å². The molecule has 3 N–H and O–H groups in total. The number of aromatic nitrogens is 2. The summed E-state index contributed by atoms with van der Waals surface area (Å²) in [5.41, 5.74) is 6.93. The van der Waals surface area contributed by atoms with Crippen LogP contribution in [0.5, 0.6) is 0 Å². The van der Waals surface area contributed by atoms with Crippen molar-refractivity contribution in [3.63, 3.8) is 0 Å². The van der Waals surface area contributed by atoms with Crippen LogP contribution in [0.15, 0.2) is 18.2 Å². The largest absolute Gasteiger partial charge is 0.341 e. The summed E-state index contributed by atoms with van der Waals surface area (Å²) in [7, 11) is 0. The second kappa shape index (κ2) is 3.31. The second-order valence-electron chi connectivity index (χ2n) is 4.33. The molecular weight excluding hydrogens is 193 g/mol. The van der Waals surface area contributed by atoms with Crippen LogP contribution in [0, 0.1) is 5.82 Å². The predicted octanol–water partition coefficient (Wildman–Crippen LogP) is 1.94. The maximum Gasteiger partial charge on any atom is 0.125 e. The van der Waals surface area contributed by atoms with Gasteiger partial charge in [-0.05, 0) is 18.2 Å². The first-order valence-corrected chi connectivity index (χ1v) is 4.89. The molecule has 0 unspecified atom stereocenters. The van der Waals surface area contributed by atoms with E-state index in [9.17, 15) is 4.39 Å². The lowest BCUT2D eigenvalue weighted by Crippen LogP contribution is -2.29. The third kappa shape index (κ3) is 1.72. The third-order valence-corrected chi connectivity index (χ3v) is 2.60. The number of nitrogens with one attached hydrogen (secondary N) is 1. The number of nitrogens with zero attached hydrogens (tertiary/aromatic N) is 1. The average Bonchev–Trinajstić information content (AvgIpc) is 2.61. The van der Waals surface area contributed by atoms with E-state index in [0.29, 0.717) is 12.1 Å². The topological polar surface area (TPSA) is 54.7 Å². The van der Waals surface area contributed by atoms with Crippen molar-refractivity contribution < 1.29 is 4.39 Å². The molecule has 1 heterocycles. The summed E-state index contributed by atoms with van der Waals surface area (Å²) in [5, 5.41) is 0. The average molecular weight is 207 g/mol. The highest BCUT2D eigenvalue weighted by Crippen LogP contribution is 2.22. The zero-order valence-corrected chi connectivity index (χ0v) is 8.84. The van der Waals surface area contributed by atoms with Crippen LogP contribution in [-0.4, -0.2) is 16.5 Å². The fourth-order valence-corrected chi connectivity index (χ4v) is 1.40. The standard InChI is InChI=1S/C11H14FN3/c1-11(2,6-13)10-14-8-4-3-7(12)5-9(8)15-10/h3-5H,6,13H2,1-2H3,(H,14,15). The molecule has 0 saturated heterocycles. The minimum Gasteiger partial charge on any atom is -0.341 e. The normalized spacial score (nSPS) is 12.3. The maximum absolute atomic E-state index is 13.0. The Bertz CT molecular complexity index is 488. The van der Waals surface area contributed by atoms with Gasteiger partial charge in [-0.2, -0.15) is 0 Å². The number of nitrogens with two attached hydrogens (primary N) is 1. The number of rotatable bonds is 2. The Balaban J connectivity index is 2.56. The van der Waals surface area contributed by atoms with Gasteiger partial charge >= 0.3 is 0 Å². The van der Waals surface area contributed by atoms with E-state index >= 15 is 0 Å². The summed E-state index contributed by atoms with van der Waals surface area (Å²) in [6.07, 6.45) is 0. The molecule has 2 aromatic rings. The number of hydrogen-bond acceptors (Lipinski definition) is 2. The summed E-state index contributed by atoms with van der Waals surface area (Å²) >= 11 is 0. The van der Waals surface area contributed by atoms with Gasteiger partial charge in [0.25, 0.3) is 0 Å². The molecule has 1 aromatic carbocycles. The van der Waals surface area contributed by atoms with Crippen molar-refractivity contribution in [3.8, 4) is 0 Å². The summed E-state index contributed by atoms with van der Waals surface area (Å²) in [6.45, 7) is 4.50. The van der Waals surface area contributed by atoms with Crippen molar-refractivity contribution in [2.75, 3.05) is 6.54 Å². The molecule has 80 valence electrons. The lowest BCUT2D eigenvalue weighted by Gasteiger charge is -2.18. The Morgan fingerprint density at radius 3 is 2.87 bits per heavy atom. The highest BCUT2D eigenvalue weighted by Gasteiger charge is 2.22. The molecule has 2 rings (SSSR count). The minimum atomic E-state index is -0.261. The van der Waals surface area contributed by atoms with Crippen LogP contribution >= 0.6 is 0 Å². The van der Waals surface area contributed by atoms with Gasteiger partial charge in [0, 0.05) is 12.0 Å². The molecule has 0 saturated carbocycles. The number of hydrogen-bond donors (Lipinski definition) is 2. The van der Waals surface area contributed by atoms with E-state index in [-0.39, 0.29) is 11.2 Å². The van der Waals surface area contributed by atoms with Crippen molar-refractivity contribution in [2.24, 2.45) is 5.73 Å². The molecule has 0 radical (unpaired) electrons. The van der Waals surface area contributed by atoms with Gasteiger partial charge in [-0.25, -0.2) is 9.37 Å². The third-order valence-electron chi connectivity index (χ3n) is 2.60. The van der Waals surface area contributed by atoms with Crippen LogP contribution in [0.2, 0.25) is 0 Å². The van der Waals surface area contributed by atoms with Crippen LogP contribution < -0.4 is 5.73 Å². The van der Waals surface area contributed by atoms with Crippen molar-refractivity contribution in [3.05, 3.63) is 29.8 Å². The monoisotopic (exact) mass is 207 g/mol. The van der Waals surface area contributed by atoms with Gasteiger partial charge < -0.3 is 10.7 Å². The Morgan fingerprint density at radius 2 is 2.20 bits per heavy atom. The first-order valence-electron chi connectivity index (χ1n) is 4.89. The lowest BCUT2D eigenvalue weighted by atomic mass is 9.93. The van der Waals surface area contributed by atoms with E-state index < -0.39 is 0 Å². The quantitative estimate of drug-likeness (QED) is 0.790. The van der Waals surface area contributed by atoms with Gasteiger partial charge in [-0.3, -0.25) is 0 Å². The number of H-pyrrole nitrogens is 1. The second-order valence-corrected chi connectivity index (χ2v) is 4.33. The van der Waals surface area contributed by atoms with Crippen LogP contribution in [0.4, 0.5) is 4.39 Å². The number of imidazole rings is 1. The van der Waals surface area contributed by atoms with Crippen LogP contribution in [-0.2, 0) is 5.41 Å². The van der Waals surface area contributed by atoms with E-state index in [1.54, 1.807) is 6.07 Å². The van der Waals surface area contributed by atoms with Crippen molar-refractivity contribution in [1.29, 1.82) is 0 Å². The van der Waals surface area contributed by atoms with E-state index in [4.69, 9.17) is 5.73 Å². The molecule has 0 bridgehead atoms. The van der Waals surface area contributed by atoms with Crippen LogP contribution in [0.25, 0.3) is 11.0 Å². The fraction of sp³-hybridized carbons (Fsp3) is 0.364. The highest BCUT2D eigenvalue weighted by molar-refractivity contribution is 5.75. The summed E-state index contributed by atoms with van der Waals surface area (Å²) in [6, 6.07) is 4.51. The van der Waals surface area contributed by atoms with E-state index in [1.165, 1.54) is 12.1 Å². The zero-order valence-electron chi connectivity index (χ0n) is 8.84. The number of fused-ring (bicyclic) bond motifs is 1. The first-order chi connectivity index (χ1) is 7.03. The lowest BCUT2D eigenvalue weighted by molar-refractivity contribution is 0.509. The molecule has 15 heavy (non-hydrogen) atoms. The zero-order chi connectivity index (χ0) is 11.1. The first kappa shape index (κ1) is 10.1. The fourth-order valence-electron chi connectivity index (χ4n) is 1.40. The Kier molecular flexibility index (Phi) is 2.23. The number of halogens is 1. The maximum atomic E-state index is 13.0. The summed E-state index contributed by atoms with van der Waals surface area (Å²) in [5.74, 6) is 0.536. The van der Waals surface area contributed by atoms with Gasteiger partial charge in [0.2, 0.25) is 0 Å². The number of benzene rings is 1. The van der Waals surface area contributed by atoms with E-state index in [1.807, 2.05) is 13.8 Å². The number of aromatic amines is 1. The molecule has 0 aliphatic heterocycles. The van der Waals surface area contributed by atoms with Gasteiger partial charge in [-0.15, -0.1) is 0 Å². The van der Waals surface area contributed by atoms with Gasteiger partial charge in [0.1, 0.15) is 11.6 Å². The molecular formula is C11H14FN3. The minimum absolute atomic E-state index is 0.213. The van der Waals surface area contributed by atoms with E-state index in [2.05, 4.69) is 9.97 Å².